The van der Waals surface area contributed by atoms with Gasteiger partial charge in [-0.15, -0.1) is 0 Å². The Balaban J connectivity index is 3.37. The van der Waals surface area contributed by atoms with Gasteiger partial charge in [0.05, 0.1) is 0 Å². The highest BCUT2D eigenvalue weighted by molar-refractivity contribution is 5.67. The molecule has 0 saturated carbocycles. The molecule has 0 aliphatic carbocycles. The van der Waals surface area contributed by atoms with Crippen molar-refractivity contribution in [2.45, 2.75) is 13.8 Å². The molecule has 1 nitrogen and oxygen atoms in total. The molecular weight excluding hydrogens is 158 g/mol. The van der Waals surface area contributed by atoms with Crippen LogP contribution in [0.1, 0.15) is 22.3 Å². The fourth-order valence-corrected chi connectivity index (χ4v) is 1.50. The summed E-state index contributed by atoms with van der Waals surface area (Å²) < 4.78 is 0. The number of rotatable bonds is 2. The van der Waals surface area contributed by atoms with E-state index >= 15 is 0 Å². The maximum atomic E-state index is 5.38. The third-order valence-corrected chi connectivity index (χ3v) is 2.05. The third-order valence-electron chi connectivity index (χ3n) is 2.05. The fraction of sp³-hybridized carbons (Fsp3) is 0.167. The normalized spacial score (nSPS) is 10.6. The van der Waals surface area contributed by atoms with Crippen LogP contribution in [-0.2, 0) is 0 Å². The van der Waals surface area contributed by atoms with Crippen molar-refractivity contribution in [2.75, 3.05) is 0 Å². The van der Waals surface area contributed by atoms with Gasteiger partial charge in [0, 0.05) is 0 Å². The van der Waals surface area contributed by atoms with E-state index in [1.165, 1.54) is 11.1 Å². The van der Waals surface area contributed by atoms with E-state index in [2.05, 4.69) is 32.6 Å². The Morgan fingerprint density at radius 2 is 2.00 bits per heavy atom. The van der Waals surface area contributed by atoms with Crippen molar-refractivity contribution in [3.8, 4) is 0 Å². The predicted octanol–water partition coefficient (Wildman–Crippen LogP) is 2.88. The molecule has 0 amide bonds. The van der Waals surface area contributed by atoms with Crippen LogP contribution in [0.25, 0.3) is 12.2 Å². The predicted molar refractivity (Wildman–Crippen MR) is 59.2 cm³/mol. The van der Waals surface area contributed by atoms with E-state index in [0.717, 1.165) is 11.1 Å². The number of aryl methyl sites for hydroxylation is 2. The first-order valence-electron chi connectivity index (χ1n) is 4.31. The molecule has 0 unspecified atom stereocenters. The van der Waals surface area contributed by atoms with Crippen molar-refractivity contribution in [1.29, 1.82) is 0 Å². The highest BCUT2D eigenvalue weighted by Crippen LogP contribution is 2.19. The van der Waals surface area contributed by atoms with Gasteiger partial charge in [-0.1, -0.05) is 30.4 Å². The number of nitrogens with two attached hydrogens (primary N) is 1. The topological polar surface area (TPSA) is 26.0 Å². The molecule has 0 radical (unpaired) electrons. The largest absolute Gasteiger partial charge is 0.405 e. The number of benzene rings is 1. The Kier molecular flexibility index (Phi) is 2.91. The fourth-order valence-electron chi connectivity index (χ4n) is 1.50. The Morgan fingerprint density at radius 3 is 2.54 bits per heavy atom. The standard InChI is InChI=1S/C12H15N/c1-4-11-8-9(2)7-10(3)12(11)5-6-13/h4-8H,1,13H2,2-3H3/b6-5-. The molecule has 0 atom stereocenters. The van der Waals surface area contributed by atoms with Gasteiger partial charge in [0.2, 0.25) is 0 Å². The lowest BCUT2D eigenvalue weighted by atomic mass is 9.99. The minimum atomic E-state index is 1.14. The van der Waals surface area contributed by atoms with Gasteiger partial charge < -0.3 is 5.73 Å². The number of hydrogen-bond donors (Lipinski definition) is 1. The molecule has 0 aliphatic heterocycles. The first-order chi connectivity index (χ1) is 6.19. The van der Waals surface area contributed by atoms with Crippen LogP contribution in [0.5, 0.6) is 0 Å². The minimum absolute atomic E-state index is 1.14. The molecule has 68 valence electrons. The van der Waals surface area contributed by atoms with Crippen LogP contribution in [0.2, 0.25) is 0 Å². The van der Waals surface area contributed by atoms with Crippen LogP contribution in [0.3, 0.4) is 0 Å². The summed E-state index contributed by atoms with van der Waals surface area (Å²) in [7, 11) is 0. The maximum absolute atomic E-state index is 5.38. The molecule has 2 N–H and O–H groups in total. The van der Waals surface area contributed by atoms with Crippen LogP contribution in [0, 0.1) is 13.8 Å². The van der Waals surface area contributed by atoms with Gasteiger partial charge in [0.15, 0.2) is 0 Å². The van der Waals surface area contributed by atoms with E-state index in [1.807, 2.05) is 12.2 Å². The highest BCUT2D eigenvalue weighted by Gasteiger charge is 2.00. The molecule has 0 saturated heterocycles. The summed E-state index contributed by atoms with van der Waals surface area (Å²) in [5, 5.41) is 0. The average molecular weight is 173 g/mol. The lowest BCUT2D eigenvalue weighted by Gasteiger charge is -2.06. The maximum Gasteiger partial charge on any atom is -0.00560 e. The molecule has 1 rings (SSSR count). The van der Waals surface area contributed by atoms with E-state index in [0.29, 0.717) is 0 Å². The second-order valence-corrected chi connectivity index (χ2v) is 3.15. The highest BCUT2D eigenvalue weighted by atomic mass is 14.5. The van der Waals surface area contributed by atoms with Gasteiger partial charge >= 0.3 is 0 Å². The van der Waals surface area contributed by atoms with Gasteiger partial charge in [-0.2, -0.15) is 0 Å². The van der Waals surface area contributed by atoms with Crippen LogP contribution in [0.15, 0.2) is 24.9 Å². The lowest BCUT2D eigenvalue weighted by Crippen LogP contribution is -1.89. The van der Waals surface area contributed by atoms with Crippen LogP contribution in [0.4, 0.5) is 0 Å². The summed E-state index contributed by atoms with van der Waals surface area (Å²) >= 11 is 0. The molecule has 1 heteroatoms. The quantitative estimate of drug-likeness (QED) is 0.731. The molecule has 13 heavy (non-hydrogen) atoms. The summed E-state index contributed by atoms with van der Waals surface area (Å²) in [6, 6.07) is 4.25. The molecule has 0 aliphatic rings. The zero-order valence-electron chi connectivity index (χ0n) is 8.17. The van der Waals surface area contributed by atoms with Crippen molar-refractivity contribution in [3.63, 3.8) is 0 Å². The van der Waals surface area contributed by atoms with Crippen molar-refractivity contribution < 1.29 is 0 Å². The third kappa shape index (κ3) is 2.00. The van der Waals surface area contributed by atoms with E-state index in [4.69, 9.17) is 5.73 Å². The Labute approximate surface area is 79.6 Å². The zero-order valence-corrected chi connectivity index (χ0v) is 8.17. The summed E-state index contributed by atoms with van der Waals surface area (Å²) in [5.74, 6) is 0. The van der Waals surface area contributed by atoms with E-state index in [1.54, 1.807) is 6.20 Å². The van der Waals surface area contributed by atoms with Crippen molar-refractivity contribution in [2.24, 2.45) is 5.73 Å². The summed E-state index contributed by atoms with van der Waals surface area (Å²) in [6.07, 6.45) is 5.33. The monoisotopic (exact) mass is 173 g/mol. The summed E-state index contributed by atoms with van der Waals surface area (Å²) in [6.45, 7) is 7.94. The second kappa shape index (κ2) is 3.94. The Hall–Kier alpha value is -1.50. The minimum Gasteiger partial charge on any atom is -0.405 e. The van der Waals surface area contributed by atoms with Gasteiger partial charge in [-0.25, -0.2) is 0 Å². The van der Waals surface area contributed by atoms with Crippen LogP contribution < -0.4 is 5.73 Å². The lowest BCUT2D eigenvalue weighted by molar-refractivity contribution is 1.35. The van der Waals surface area contributed by atoms with Crippen molar-refractivity contribution >= 4 is 12.2 Å². The van der Waals surface area contributed by atoms with E-state index in [-0.39, 0.29) is 0 Å². The molecule has 1 aromatic carbocycles. The number of hydrogen-bond acceptors (Lipinski definition) is 1. The molecule has 0 aromatic heterocycles. The van der Waals surface area contributed by atoms with Crippen molar-refractivity contribution in [1.82, 2.24) is 0 Å². The molecule has 0 fully saturated rings. The van der Waals surface area contributed by atoms with Gasteiger partial charge in [0.25, 0.3) is 0 Å². The molecule has 0 bridgehead atoms. The van der Waals surface area contributed by atoms with Crippen LogP contribution in [-0.4, -0.2) is 0 Å². The zero-order chi connectivity index (χ0) is 9.84. The summed E-state index contributed by atoms with van der Waals surface area (Å²) in [4.78, 5) is 0. The van der Waals surface area contributed by atoms with Crippen LogP contribution >= 0.6 is 0 Å². The summed E-state index contributed by atoms with van der Waals surface area (Å²) in [5.41, 5.74) is 10.2. The molecular formula is C12H15N. The van der Waals surface area contributed by atoms with Gasteiger partial charge in [0.1, 0.15) is 0 Å². The second-order valence-electron chi connectivity index (χ2n) is 3.15. The SMILES string of the molecule is C=Cc1cc(C)cc(C)c1/C=C\N. The molecule has 0 spiro atoms. The van der Waals surface area contributed by atoms with Crippen molar-refractivity contribution in [3.05, 3.63) is 47.2 Å². The average Bonchev–Trinajstić information content (AvgIpc) is 2.09. The Morgan fingerprint density at radius 1 is 1.31 bits per heavy atom. The first kappa shape index (κ1) is 9.59. The first-order valence-corrected chi connectivity index (χ1v) is 4.31. The smallest absolute Gasteiger partial charge is 0.00560 e. The van der Waals surface area contributed by atoms with Gasteiger partial charge in [-0.05, 0) is 42.8 Å². The van der Waals surface area contributed by atoms with E-state index < -0.39 is 0 Å². The molecule has 1 aromatic rings. The Bertz CT molecular complexity index is 348. The molecule has 0 heterocycles. The van der Waals surface area contributed by atoms with E-state index in [9.17, 15) is 0 Å². The van der Waals surface area contributed by atoms with Gasteiger partial charge in [-0.3, -0.25) is 0 Å².